The van der Waals surface area contributed by atoms with Gasteiger partial charge in [0.05, 0.1) is 6.10 Å². The summed E-state index contributed by atoms with van der Waals surface area (Å²) in [6, 6.07) is 19.2. The summed E-state index contributed by atoms with van der Waals surface area (Å²) in [5.41, 5.74) is 3.72. The standard InChI is InChI=1S/C26H39NO/c1-2-26(28)18-14-9-7-5-3-4-6-8-11-15-23-19-21-25(22-20-23)27-24-16-12-10-13-17-24/h10,12-13,16-17,19-22,26-28H,2-9,11,14-15,18H2,1H3. The van der Waals surface area contributed by atoms with Crippen molar-refractivity contribution < 1.29 is 5.11 Å². The molecule has 0 aliphatic carbocycles. The van der Waals surface area contributed by atoms with Gasteiger partial charge in [-0.05, 0) is 55.5 Å². The second kappa shape index (κ2) is 14.2. The Balaban J connectivity index is 1.45. The van der Waals surface area contributed by atoms with E-state index in [0.717, 1.165) is 24.2 Å². The molecule has 0 radical (unpaired) electrons. The lowest BCUT2D eigenvalue weighted by atomic mass is 10.0. The second-order valence-corrected chi connectivity index (χ2v) is 7.97. The van der Waals surface area contributed by atoms with Crippen molar-refractivity contribution in [2.75, 3.05) is 5.32 Å². The third kappa shape index (κ3) is 9.94. The summed E-state index contributed by atoms with van der Waals surface area (Å²) < 4.78 is 0. The summed E-state index contributed by atoms with van der Waals surface area (Å²) >= 11 is 0. The average molecular weight is 382 g/mol. The number of hydrogen-bond donors (Lipinski definition) is 2. The molecule has 28 heavy (non-hydrogen) atoms. The molecule has 2 aromatic carbocycles. The van der Waals surface area contributed by atoms with Gasteiger partial charge in [-0.25, -0.2) is 0 Å². The molecule has 0 bridgehead atoms. The summed E-state index contributed by atoms with van der Waals surface area (Å²) in [5.74, 6) is 0. The van der Waals surface area contributed by atoms with Gasteiger partial charge in [0.15, 0.2) is 0 Å². The lowest BCUT2D eigenvalue weighted by molar-refractivity contribution is 0.156. The molecule has 2 heteroatoms. The van der Waals surface area contributed by atoms with E-state index in [-0.39, 0.29) is 6.10 Å². The summed E-state index contributed by atoms with van der Waals surface area (Å²) in [7, 11) is 0. The first-order chi connectivity index (χ1) is 13.8. The molecule has 0 amide bonds. The normalized spacial score (nSPS) is 12.1. The van der Waals surface area contributed by atoms with E-state index in [2.05, 4.69) is 60.8 Å². The molecule has 0 spiro atoms. The Kier molecular flexibility index (Phi) is 11.4. The number of rotatable bonds is 15. The van der Waals surface area contributed by atoms with Crippen LogP contribution < -0.4 is 5.32 Å². The lowest BCUT2D eigenvalue weighted by Gasteiger charge is -2.08. The minimum absolute atomic E-state index is 0.0728. The summed E-state index contributed by atoms with van der Waals surface area (Å²) in [6.07, 6.45) is 14.9. The topological polar surface area (TPSA) is 32.3 Å². The number of hydrogen-bond acceptors (Lipinski definition) is 2. The summed E-state index contributed by atoms with van der Waals surface area (Å²) in [5, 5.41) is 13.0. The molecule has 0 saturated heterocycles. The zero-order valence-electron chi connectivity index (χ0n) is 17.7. The van der Waals surface area contributed by atoms with Crippen molar-refractivity contribution in [1.29, 1.82) is 0 Å². The van der Waals surface area contributed by atoms with Crippen LogP contribution in [-0.2, 0) is 6.42 Å². The van der Waals surface area contributed by atoms with E-state index in [1.165, 1.54) is 69.8 Å². The largest absolute Gasteiger partial charge is 0.393 e. The van der Waals surface area contributed by atoms with E-state index in [0.29, 0.717) is 0 Å². The third-order valence-corrected chi connectivity index (χ3v) is 5.49. The Hall–Kier alpha value is -1.80. The smallest absolute Gasteiger partial charge is 0.0537 e. The fourth-order valence-corrected chi connectivity index (χ4v) is 3.59. The molecule has 1 unspecified atom stereocenters. The Bertz CT molecular complexity index is 608. The molecule has 1 atom stereocenters. The van der Waals surface area contributed by atoms with Crippen molar-refractivity contribution in [3.8, 4) is 0 Å². The van der Waals surface area contributed by atoms with Gasteiger partial charge in [-0.2, -0.15) is 0 Å². The van der Waals surface area contributed by atoms with E-state index < -0.39 is 0 Å². The van der Waals surface area contributed by atoms with Crippen LogP contribution in [0.1, 0.15) is 83.1 Å². The maximum Gasteiger partial charge on any atom is 0.0537 e. The maximum absolute atomic E-state index is 9.53. The van der Waals surface area contributed by atoms with Gasteiger partial charge >= 0.3 is 0 Å². The predicted molar refractivity (Wildman–Crippen MR) is 122 cm³/mol. The lowest BCUT2D eigenvalue weighted by Crippen LogP contribution is -2.03. The first kappa shape index (κ1) is 22.5. The van der Waals surface area contributed by atoms with Gasteiger partial charge in [0.1, 0.15) is 0 Å². The van der Waals surface area contributed by atoms with Crippen LogP contribution in [0, 0.1) is 0 Å². The van der Waals surface area contributed by atoms with Gasteiger partial charge in [-0.1, -0.05) is 88.6 Å². The number of aliphatic hydroxyl groups is 1. The molecule has 2 nitrogen and oxygen atoms in total. The van der Waals surface area contributed by atoms with Gasteiger partial charge in [0.25, 0.3) is 0 Å². The highest BCUT2D eigenvalue weighted by molar-refractivity contribution is 5.59. The SMILES string of the molecule is CCC(O)CCCCCCCCCCCc1ccc(Nc2ccccc2)cc1. The number of anilines is 2. The molecular formula is C26H39NO. The molecule has 0 aliphatic heterocycles. The van der Waals surface area contributed by atoms with Gasteiger partial charge in [0, 0.05) is 11.4 Å². The van der Waals surface area contributed by atoms with Gasteiger partial charge in [-0.3, -0.25) is 0 Å². The molecule has 2 rings (SSSR count). The van der Waals surface area contributed by atoms with E-state index in [1.807, 2.05) is 6.07 Å². The minimum atomic E-state index is -0.0728. The number of unbranched alkanes of at least 4 members (excludes halogenated alkanes) is 8. The van der Waals surface area contributed by atoms with Crippen LogP contribution in [0.15, 0.2) is 54.6 Å². The highest BCUT2D eigenvalue weighted by Gasteiger charge is 2.00. The minimum Gasteiger partial charge on any atom is -0.393 e. The Morgan fingerprint density at radius 1 is 0.679 bits per heavy atom. The van der Waals surface area contributed by atoms with Gasteiger partial charge < -0.3 is 10.4 Å². The molecule has 2 aromatic rings. The fourth-order valence-electron chi connectivity index (χ4n) is 3.59. The zero-order chi connectivity index (χ0) is 19.9. The number of nitrogens with one attached hydrogen (secondary N) is 1. The van der Waals surface area contributed by atoms with Crippen LogP contribution in [0.25, 0.3) is 0 Å². The Labute approximate surface area is 172 Å². The quantitative estimate of drug-likeness (QED) is 0.311. The van der Waals surface area contributed by atoms with Crippen LogP contribution in [0.3, 0.4) is 0 Å². The molecule has 0 aliphatic rings. The molecule has 154 valence electrons. The zero-order valence-corrected chi connectivity index (χ0v) is 17.7. The molecule has 0 aromatic heterocycles. The van der Waals surface area contributed by atoms with Gasteiger partial charge in [-0.15, -0.1) is 0 Å². The highest BCUT2D eigenvalue weighted by atomic mass is 16.3. The summed E-state index contributed by atoms with van der Waals surface area (Å²) in [4.78, 5) is 0. The molecule has 0 fully saturated rings. The fraction of sp³-hybridized carbons (Fsp3) is 0.538. The maximum atomic E-state index is 9.53. The van der Waals surface area contributed by atoms with Crippen LogP contribution in [0.2, 0.25) is 0 Å². The van der Waals surface area contributed by atoms with Crippen LogP contribution >= 0.6 is 0 Å². The molecular weight excluding hydrogens is 342 g/mol. The second-order valence-electron chi connectivity index (χ2n) is 7.97. The highest BCUT2D eigenvalue weighted by Crippen LogP contribution is 2.18. The first-order valence-corrected chi connectivity index (χ1v) is 11.4. The first-order valence-electron chi connectivity index (χ1n) is 11.4. The Morgan fingerprint density at radius 2 is 1.21 bits per heavy atom. The van der Waals surface area contributed by atoms with E-state index in [9.17, 15) is 5.11 Å². The van der Waals surface area contributed by atoms with E-state index in [4.69, 9.17) is 0 Å². The number of aryl methyl sites for hydroxylation is 1. The number of aliphatic hydroxyl groups excluding tert-OH is 1. The van der Waals surface area contributed by atoms with Crippen molar-refractivity contribution in [3.05, 3.63) is 60.2 Å². The van der Waals surface area contributed by atoms with E-state index >= 15 is 0 Å². The number of para-hydroxylation sites is 1. The van der Waals surface area contributed by atoms with Crippen molar-refractivity contribution in [2.24, 2.45) is 0 Å². The third-order valence-electron chi connectivity index (χ3n) is 5.49. The van der Waals surface area contributed by atoms with Gasteiger partial charge in [0.2, 0.25) is 0 Å². The van der Waals surface area contributed by atoms with E-state index in [1.54, 1.807) is 0 Å². The van der Waals surface area contributed by atoms with Crippen molar-refractivity contribution in [1.82, 2.24) is 0 Å². The molecule has 0 heterocycles. The average Bonchev–Trinajstić information content (AvgIpc) is 2.73. The van der Waals surface area contributed by atoms with Crippen LogP contribution in [0.5, 0.6) is 0 Å². The van der Waals surface area contributed by atoms with Crippen LogP contribution in [0.4, 0.5) is 11.4 Å². The monoisotopic (exact) mass is 381 g/mol. The molecule has 0 saturated carbocycles. The van der Waals surface area contributed by atoms with Crippen molar-refractivity contribution >= 4 is 11.4 Å². The summed E-state index contributed by atoms with van der Waals surface area (Å²) in [6.45, 7) is 2.06. The van der Waals surface area contributed by atoms with Crippen molar-refractivity contribution in [3.63, 3.8) is 0 Å². The van der Waals surface area contributed by atoms with Crippen LogP contribution in [-0.4, -0.2) is 11.2 Å². The Morgan fingerprint density at radius 3 is 1.82 bits per heavy atom. The molecule has 2 N–H and O–H groups in total. The predicted octanol–water partition coefficient (Wildman–Crippen LogP) is 7.64. The number of benzene rings is 2. The van der Waals surface area contributed by atoms with Crippen molar-refractivity contribution in [2.45, 2.75) is 90.1 Å².